The van der Waals surface area contributed by atoms with Gasteiger partial charge in [-0.3, -0.25) is 9.59 Å². The number of carbonyl (C=O) groups is 3. The van der Waals surface area contributed by atoms with Crippen LogP contribution >= 0.6 is 0 Å². The molecule has 0 bridgehead atoms. The van der Waals surface area contributed by atoms with Gasteiger partial charge in [-0.25, -0.2) is 0 Å². The van der Waals surface area contributed by atoms with E-state index in [4.69, 9.17) is 14.2 Å². The molecule has 0 N–H and O–H groups in total. The van der Waals surface area contributed by atoms with Crippen molar-refractivity contribution in [2.75, 3.05) is 41.0 Å². The second-order valence-electron chi connectivity index (χ2n) is 15.6. The zero-order chi connectivity index (χ0) is 40.7. The fraction of sp³-hybridized carbons (Fsp3) is 0.723. The normalized spacial score (nSPS) is 13.5. The molecule has 0 aliphatic carbocycles. The molecule has 2 unspecified atom stereocenters. The predicted octanol–water partition coefficient (Wildman–Crippen LogP) is 10.5. The fourth-order valence-corrected chi connectivity index (χ4v) is 6.00. The van der Waals surface area contributed by atoms with Gasteiger partial charge in [-0.05, 0) is 64.2 Å². The Hall–Kier alpha value is -2.97. The lowest BCUT2D eigenvalue weighted by Gasteiger charge is -2.34. The molecular weight excluding hydrogens is 691 g/mol. The van der Waals surface area contributed by atoms with Gasteiger partial charge in [0.05, 0.1) is 40.3 Å². The van der Waals surface area contributed by atoms with E-state index in [1.54, 1.807) is 21.1 Å². The van der Waals surface area contributed by atoms with Crippen LogP contribution in [0.25, 0.3) is 0 Å². The molecule has 0 amide bonds. The number of aliphatic carboxylic acids is 1. The van der Waals surface area contributed by atoms with E-state index >= 15 is 0 Å². The topological polar surface area (TPSA) is 102 Å². The van der Waals surface area contributed by atoms with Gasteiger partial charge in [0.1, 0.15) is 12.6 Å². The maximum absolute atomic E-state index is 12.7. The minimum absolute atomic E-state index is 0.0287. The molecule has 0 aromatic carbocycles. The van der Waals surface area contributed by atoms with Crippen molar-refractivity contribution in [2.45, 2.75) is 180 Å². The highest BCUT2D eigenvalue weighted by Gasteiger charge is 2.25. The van der Waals surface area contributed by atoms with Crippen molar-refractivity contribution in [3.8, 4) is 0 Å². The molecule has 8 heteroatoms. The van der Waals surface area contributed by atoms with Gasteiger partial charge in [0.25, 0.3) is 0 Å². The number of carbonyl (C=O) groups excluding carboxylic acids is 3. The SMILES string of the molecule is CC/C=C/C/C=C/C/C=C/CCCCCCCCCCCCC(=O)OC(COCCC(C(=O)[O-])[N+](C)(C)C)COC(=O)CCCCC/C=C/C=C/CCCC. The van der Waals surface area contributed by atoms with E-state index in [1.165, 1.54) is 64.2 Å². The van der Waals surface area contributed by atoms with Crippen LogP contribution in [0.2, 0.25) is 0 Å². The zero-order valence-electron chi connectivity index (χ0n) is 35.8. The van der Waals surface area contributed by atoms with Crippen LogP contribution in [0, 0.1) is 0 Å². The standard InChI is InChI=1S/C47H81NO7/c1-6-8-10-12-14-16-18-19-20-21-22-23-24-25-26-28-30-32-34-36-38-46(50)55-43(41-53-40-39-44(47(51)52)48(3,4)5)42-54-45(49)37-35-33-31-29-27-17-15-13-11-9-7-2/h8,10,13-17,19-20,27,43-44H,6-7,9,11-12,18,21-26,28-42H2,1-5H3/b10-8+,15-13+,16-14+,20-19+,27-17+. The van der Waals surface area contributed by atoms with E-state index in [0.717, 1.165) is 70.6 Å². The van der Waals surface area contributed by atoms with E-state index in [9.17, 15) is 19.5 Å². The van der Waals surface area contributed by atoms with Gasteiger partial charge in [0.15, 0.2) is 6.10 Å². The van der Waals surface area contributed by atoms with Crippen molar-refractivity contribution >= 4 is 17.9 Å². The molecule has 0 aromatic heterocycles. The Balaban J connectivity index is 4.33. The summed E-state index contributed by atoms with van der Waals surface area (Å²) in [5.74, 6) is -1.78. The molecule has 0 saturated heterocycles. The smallest absolute Gasteiger partial charge is 0.306 e. The number of carboxylic acid groups (broad SMARTS) is 1. The minimum atomic E-state index is -1.13. The molecule has 55 heavy (non-hydrogen) atoms. The molecule has 0 heterocycles. The molecule has 8 nitrogen and oxygen atoms in total. The fourth-order valence-electron chi connectivity index (χ4n) is 6.00. The Labute approximate surface area is 337 Å². The van der Waals surface area contributed by atoms with Crippen LogP contribution in [0.1, 0.15) is 168 Å². The highest BCUT2D eigenvalue weighted by atomic mass is 16.6. The average molecular weight is 772 g/mol. The van der Waals surface area contributed by atoms with Crippen LogP contribution in [0.3, 0.4) is 0 Å². The van der Waals surface area contributed by atoms with Crippen molar-refractivity contribution in [3.63, 3.8) is 0 Å². The molecule has 0 saturated carbocycles. The Morgan fingerprint density at radius 3 is 1.64 bits per heavy atom. The van der Waals surface area contributed by atoms with E-state index in [0.29, 0.717) is 12.8 Å². The highest BCUT2D eigenvalue weighted by Crippen LogP contribution is 2.14. The minimum Gasteiger partial charge on any atom is -0.544 e. The molecule has 0 radical (unpaired) electrons. The summed E-state index contributed by atoms with van der Waals surface area (Å²) in [4.78, 5) is 36.8. The summed E-state index contributed by atoms with van der Waals surface area (Å²) in [5, 5.41) is 11.6. The average Bonchev–Trinajstić information content (AvgIpc) is 3.14. The molecule has 0 rings (SSSR count). The summed E-state index contributed by atoms with van der Waals surface area (Å²) >= 11 is 0. The van der Waals surface area contributed by atoms with Gasteiger partial charge in [-0.15, -0.1) is 0 Å². The van der Waals surface area contributed by atoms with E-state index in [2.05, 4.69) is 74.6 Å². The van der Waals surface area contributed by atoms with E-state index in [1.807, 2.05) is 0 Å². The molecule has 0 aromatic rings. The van der Waals surface area contributed by atoms with Gasteiger partial charge in [0, 0.05) is 19.3 Å². The number of esters is 2. The Bertz CT molecular complexity index is 1090. The quantitative estimate of drug-likeness (QED) is 0.0202. The molecule has 0 spiro atoms. The van der Waals surface area contributed by atoms with Gasteiger partial charge in [0.2, 0.25) is 0 Å². The molecule has 0 fully saturated rings. The third kappa shape index (κ3) is 36.4. The number of hydrogen-bond donors (Lipinski definition) is 0. The third-order valence-corrected chi connectivity index (χ3v) is 9.42. The summed E-state index contributed by atoms with van der Waals surface area (Å²) in [6.07, 6.45) is 45.3. The number of allylic oxidation sites excluding steroid dienone is 10. The van der Waals surface area contributed by atoms with Crippen molar-refractivity contribution < 1.29 is 38.2 Å². The number of quaternary nitrogens is 1. The van der Waals surface area contributed by atoms with Crippen LogP contribution in [-0.4, -0.2) is 75.5 Å². The van der Waals surface area contributed by atoms with Gasteiger partial charge >= 0.3 is 11.9 Å². The summed E-state index contributed by atoms with van der Waals surface area (Å²) in [7, 11) is 5.39. The maximum atomic E-state index is 12.7. The lowest BCUT2D eigenvalue weighted by atomic mass is 10.0. The van der Waals surface area contributed by atoms with Crippen molar-refractivity contribution in [3.05, 3.63) is 60.8 Å². The first-order valence-corrected chi connectivity index (χ1v) is 21.8. The second-order valence-corrected chi connectivity index (χ2v) is 15.6. The maximum Gasteiger partial charge on any atom is 0.306 e. The summed E-state index contributed by atoms with van der Waals surface area (Å²) in [5.41, 5.74) is 0. The molecule has 316 valence electrons. The van der Waals surface area contributed by atoms with Crippen molar-refractivity contribution in [1.82, 2.24) is 0 Å². The number of likely N-dealkylation sites (N-methyl/N-ethyl adjacent to an activating group) is 1. The van der Waals surface area contributed by atoms with Crippen LogP contribution in [-0.2, 0) is 28.6 Å². The number of carboxylic acids is 1. The predicted molar refractivity (Wildman–Crippen MR) is 226 cm³/mol. The molecule has 0 aliphatic heterocycles. The number of ether oxygens (including phenoxy) is 3. The molecule has 0 aliphatic rings. The van der Waals surface area contributed by atoms with Crippen molar-refractivity contribution in [2.24, 2.45) is 0 Å². The van der Waals surface area contributed by atoms with Gasteiger partial charge in [-0.1, -0.05) is 145 Å². The van der Waals surface area contributed by atoms with E-state index < -0.39 is 18.1 Å². The Morgan fingerprint density at radius 1 is 0.582 bits per heavy atom. The van der Waals surface area contributed by atoms with Crippen LogP contribution in [0.5, 0.6) is 0 Å². The number of rotatable bonds is 38. The van der Waals surface area contributed by atoms with E-state index in [-0.39, 0.29) is 42.7 Å². The van der Waals surface area contributed by atoms with Crippen LogP contribution in [0.4, 0.5) is 0 Å². The second kappa shape index (κ2) is 37.9. The number of unbranched alkanes of at least 4 members (excludes halogenated alkanes) is 15. The van der Waals surface area contributed by atoms with Gasteiger partial charge < -0.3 is 28.6 Å². The largest absolute Gasteiger partial charge is 0.544 e. The molecule has 2 atom stereocenters. The Morgan fingerprint density at radius 2 is 1.07 bits per heavy atom. The number of hydrogen-bond acceptors (Lipinski definition) is 7. The Kier molecular flexibility index (Phi) is 35.9. The lowest BCUT2D eigenvalue weighted by molar-refractivity contribution is -0.889. The van der Waals surface area contributed by atoms with Crippen LogP contribution < -0.4 is 5.11 Å². The first-order valence-electron chi connectivity index (χ1n) is 21.8. The van der Waals surface area contributed by atoms with Crippen LogP contribution in [0.15, 0.2) is 60.8 Å². The lowest BCUT2D eigenvalue weighted by Crippen LogP contribution is -2.55. The monoisotopic (exact) mass is 772 g/mol. The zero-order valence-corrected chi connectivity index (χ0v) is 35.8. The highest BCUT2D eigenvalue weighted by molar-refractivity contribution is 5.70. The van der Waals surface area contributed by atoms with Gasteiger partial charge in [-0.2, -0.15) is 0 Å². The first-order chi connectivity index (χ1) is 26.6. The summed E-state index contributed by atoms with van der Waals surface area (Å²) < 4.78 is 17.1. The third-order valence-electron chi connectivity index (χ3n) is 9.42. The summed E-state index contributed by atoms with van der Waals surface area (Å²) in [6.45, 7) is 4.45. The molecular formula is C47H81NO7. The van der Waals surface area contributed by atoms with Crippen molar-refractivity contribution in [1.29, 1.82) is 0 Å². The number of nitrogens with zero attached hydrogens (tertiary/aromatic N) is 1. The first kappa shape index (κ1) is 52.0. The summed E-state index contributed by atoms with van der Waals surface area (Å²) in [6, 6.07) is -0.731.